The molecule has 2 rings (SSSR count). The molecule has 1 aromatic carbocycles. The number of fused-ring (bicyclic) bond motifs is 1. The second-order valence-electron chi connectivity index (χ2n) is 5.09. The van der Waals surface area contributed by atoms with E-state index in [1.807, 2.05) is 33.8 Å². The Labute approximate surface area is 95.8 Å². The molecule has 3 heteroatoms. The van der Waals surface area contributed by atoms with Crippen LogP contribution in [0.4, 0.5) is 5.69 Å². The third-order valence-corrected chi connectivity index (χ3v) is 2.86. The van der Waals surface area contributed by atoms with Crippen LogP contribution in [0.5, 0.6) is 5.75 Å². The van der Waals surface area contributed by atoms with Gasteiger partial charge in [0.1, 0.15) is 12.4 Å². The molecule has 1 aliphatic heterocycles. The van der Waals surface area contributed by atoms with Gasteiger partial charge in [-0.3, -0.25) is 4.79 Å². The van der Waals surface area contributed by atoms with Gasteiger partial charge in [-0.25, -0.2) is 0 Å². The first kappa shape index (κ1) is 11.0. The Morgan fingerprint density at radius 1 is 1.31 bits per heavy atom. The van der Waals surface area contributed by atoms with Crippen LogP contribution < -0.4 is 10.1 Å². The molecule has 0 atom stereocenters. The van der Waals surface area contributed by atoms with Crippen LogP contribution >= 0.6 is 0 Å². The number of carbonyl (C=O) groups excluding carboxylic acids is 1. The van der Waals surface area contributed by atoms with E-state index in [-0.39, 0.29) is 5.91 Å². The van der Waals surface area contributed by atoms with Crippen molar-refractivity contribution < 1.29 is 9.53 Å². The molecule has 0 aromatic heterocycles. The van der Waals surface area contributed by atoms with Crippen LogP contribution in [0.15, 0.2) is 12.1 Å². The SMILES string of the molecule is Cc1cc(C)c2c(c1)NC(=O)C(C)(C)CO2. The fraction of sp³-hybridized carbons (Fsp3) is 0.462. The minimum Gasteiger partial charge on any atom is -0.490 e. The van der Waals surface area contributed by atoms with Gasteiger partial charge in [-0.1, -0.05) is 6.07 Å². The lowest BCUT2D eigenvalue weighted by molar-refractivity contribution is -0.124. The van der Waals surface area contributed by atoms with E-state index in [9.17, 15) is 4.79 Å². The molecule has 0 radical (unpaired) electrons. The van der Waals surface area contributed by atoms with Crippen molar-refractivity contribution in [1.29, 1.82) is 0 Å². The monoisotopic (exact) mass is 219 g/mol. The van der Waals surface area contributed by atoms with Crippen LogP contribution in [0.25, 0.3) is 0 Å². The zero-order valence-electron chi connectivity index (χ0n) is 10.2. The molecule has 0 saturated carbocycles. The Kier molecular flexibility index (Phi) is 2.41. The molecular formula is C13H17NO2. The lowest BCUT2D eigenvalue weighted by Crippen LogP contribution is -2.33. The van der Waals surface area contributed by atoms with Gasteiger partial charge >= 0.3 is 0 Å². The van der Waals surface area contributed by atoms with E-state index in [4.69, 9.17) is 4.74 Å². The summed E-state index contributed by atoms with van der Waals surface area (Å²) in [6.45, 7) is 8.19. The highest BCUT2D eigenvalue weighted by Gasteiger charge is 2.32. The van der Waals surface area contributed by atoms with Crippen molar-refractivity contribution >= 4 is 11.6 Å². The number of carbonyl (C=O) groups is 1. The van der Waals surface area contributed by atoms with Gasteiger partial charge in [-0.05, 0) is 44.9 Å². The van der Waals surface area contributed by atoms with Gasteiger partial charge in [-0.2, -0.15) is 0 Å². The van der Waals surface area contributed by atoms with Crippen molar-refractivity contribution in [1.82, 2.24) is 0 Å². The number of benzene rings is 1. The van der Waals surface area contributed by atoms with Crippen molar-refractivity contribution in [3.63, 3.8) is 0 Å². The summed E-state index contributed by atoms with van der Waals surface area (Å²) >= 11 is 0. The lowest BCUT2D eigenvalue weighted by Gasteiger charge is -2.18. The molecule has 1 aliphatic rings. The van der Waals surface area contributed by atoms with Crippen LogP contribution in [0.2, 0.25) is 0 Å². The number of aryl methyl sites for hydroxylation is 2. The maximum atomic E-state index is 11.9. The molecule has 0 aliphatic carbocycles. The van der Waals surface area contributed by atoms with Crippen molar-refractivity contribution in [2.45, 2.75) is 27.7 Å². The minimum absolute atomic E-state index is 0.0104. The van der Waals surface area contributed by atoms with Crippen LogP contribution in [0, 0.1) is 19.3 Å². The summed E-state index contributed by atoms with van der Waals surface area (Å²) in [6.07, 6.45) is 0. The Bertz CT molecular complexity index is 449. The molecule has 1 heterocycles. The minimum atomic E-state index is -0.487. The molecule has 1 amide bonds. The molecule has 0 spiro atoms. The molecule has 3 nitrogen and oxygen atoms in total. The third kappa shape index (κ3) is 1.77. The molecule has 0 unspecified atom stereocenters. The maximum Gasteiger partial charge on any atom is 0.233 e. The molecule has 1 N–H and O–H groups in total. The van der Waals surface area contributed by atoms with Gasteiger partial charge < -0.3 is 10.1 Å². The summed E-state index contributed by atoms with van der Waals surface area (Å²) in [4.78, 5) is 11.9. The van der Waals surface area contributed by atoms with E-state index < -0.39 is 5.41 Å². The Morgan fingerprint density at radius 2 is 2.00 bits per heavy atom. The van der Waals surface area contributed by atoms with Gasteiger partial charge in [0.2, 0.25) is 5.91 Å². The first-order valence-electron chi connectivity index (χ1n) is 5.46. The summed E-state index contributed by atoms with van der Waals surface area (Å²) in [6, 6.07) is 4.00. The average Bonchev–Trinajstić information content (AvgIpc) is 2.25. The zero-order valence-corrected chi connectivity index (χ0v) is 10.2. The Hall–Kier alpha value is -1.51. The summed E-state index contributed by atoms with van der Waals surface area (Å²) in [5.41, 5.74) is 2.49. The van der Waals surface area contributed by atoms with Crippen molar-refractivity contribution in [2.24, 2.45) is 5.41 Å². The van der Waals surface area contributed by atoms with Gasteiger partial charge in [-0.15, -0.1) is 0 Å². The number of anilines is 1. The fourth-order valence-electron chi connectivity index (χ4n) is 1.85. The highest BCUT2D eigenvalue weighted by molar-refractivity contribution is 5.97. The second-order valence-corrected chi connectivity index (χ2v) is 5.09. The molecule has 0 bridgehead atoms. The topological polar surface area (TPSA) is 38.3 Å². The first-order chi connectivity index (χ1) is 7.40. The number of nitrogens with one attached hydrogen (secondary N) is 1. The molecule has 86 valence electrons. The third-order valence-electron chi connectivity index (χ3n) is 2.86. The summed E-state index contributed by atoms with van der Waals surface area (Å²) < 4.78 is 5.74. The van der Waals surface area contributed by atoms with E-state index >= 15 is 0 Å². The van der Waals surface area contributed by atoms with E-state index in [0.717, 1.165) is 22.6 Å². The van der Waals surface area contributed by atoms with Crippen molar-refractivity contribution in [3.05, 3.63) is 23.3 Å². The Balaban J connectivity index is 2.49. The predicted molar refractivity (Wildman–Crippen MR) is 63.8 cm³/mol. The molecule has 1 aromatic rings. The maximum absolute atomic E-state index is 11.9. The highest BCUT2D eigenvalue weighted by Crippen LogP contribution is 2.35. The predicted octanol–water partition coefficient (Wildman–Crippen LogP) is 2.66. The molecule has 0 saturated heterocycles. The first-order valence-corrected chi connectivity index (χ1v) is 5.46. The lowest BCUT2D eigenvalue weighted by atomic mass is 9.94. The standard InChI is InChI=1S/C13H17NO2/c1-8-5-9(2)11-10(6-8)14-12(15)13(3,4)7-16-11/h5-6H,7H2,1-4H3,(H,14,15). The Morgan fingerprint density at radius 3 is 2.69 bits per heavy atom. The number of amides is 1. The normalized spacial score (nSPS) is 18.1. The van der Waals surface area contributed by atoms with Crippen LogP contribution in [-0.4, -0.2) is 12.5 Å². The van der Waals surface area contributed by atoms with E-state index in [2.05, 4.69) is 11.4 Å². The van der Waals surface area contributed by atoms with Crippen LogP contribution in [0.3, 0.4) is 0 Å². The molecule has 0 fully saturated rings. The van der Waals surface area contributed by atoms with Gasteiger partial charge in [0.15, 0.2) is 0 Å². The number of hydrogen-bond acceptors (Lipinski definition) is 2. The van der Waals surface area contributed by atoms with E-state index in [1.165, 1.54) is 0 Å². The van der Waals surface area contributed by atoms with Crippen LogP contribution in [0.1, 0.15) is 25.0 Å². The number of rotatable bonds is 0. The molecular weight excluding hydrogens is 202 g/mol. The summed E-state index contributed by atoms with van der Waals surface area (Å²) in [5.74, 6) is 0.806. The zero-order chi connectivity index (χ0) is 11.9. The largest absolute Gasteiger partial charge is 0.490 e. The molecule has 16 heavy (non-hydrogen) atoms. The summed E-state index contributed by atoms with van der Waals surface area (Å²) in [7, 11) is 0. The number of hydrogen-bond donors (Lipinski definition) is 1. The number of ether oxygens (including phenoxy) is 1. The second kappa shape index (κ2) is 3.51. The van der Waals surface area contributed by atoms with Crippen LogP contribution in [-0.2, 0) is 4.79 Å². The van der Waals surface area contributed by atoms with Gasteiger partial charge in [0.25, 0.3) is 0 Å². The van der Waals surface area contributed by atoms with Crippen molar-refractivity contribution in [2.75, 3.05) is 11.9 Å². The quantitative estimate of drug-likeness (QED) is 0.728. The van der Waals surface area contributed by atoms with Gasteiger partial charge in [0, 0.05) is 0 Å². The van der Waals surface area contributed by atoms with E-state index in [0.29, 0.717) is 6.61 Å². The fourth-order valence-corrected chi connectivity index (χ4v) is 1.85. The van der Waals surface area contributed by atoms with E-state index in [1.54, 1.807) is 0 Å². The summed E-state index contributed by atoms with van der Waals surface area (Å²) in [5, 5.41) is 2.93. The average molecular weight is 219 g/mol. The van der Waals surface area contributed by atoms with Crippen molar-refractivity contribution in [3.8, 4) is 5.75 Å². The highest BCUT2D eigenvalue weighted by atomic mass is 16.5. The smallest absolute Gasteiger partial charge is 0.233 e. The van der Waals surface area contributed by atoms with Gasteiger partial charge in [0.05, 0.1) is 11.1 Å².